The van der Waals surface area contributed by atoms with E-state index in [-0.39, 0.29) is 17.9 Å². The number of nitrogens with zero attached hydrogens (tertiary/aromatic N) is 1. The Balaban J connectivity index is 1.91. The molecule has 1 fully saturated rings. The van der Waals surface area contributed by atoms with Crippen molar-refractivity contribution >= 4 is 5.91 Å². The molecular formula is C18H28N2O3. The molecule has 1 aliphatic heterocycles. The largest absolute Gasteiger partial charge is 0.391 e. The van der Waals surface area contributed by atoms with Gasteiger partial charge in [0.25, 0.3) is 5.91 Å². The molecule has 128 valence electrons. The first-order valence-corrected chi connectivity index (χ1v) is 8.21. The van der Waals surface area contributed by atoms with Gasteiger partial charge in [0.1, 0.15) is 0 Å². The summed E-state index contributed by atoms with van der Waals surface area (Å²) < 4.78 is 5.35. The van der Waals surface area contributed by atoms with Gasteiger partial charge < -0.3 is 15.2 Å². The molecule has 1 atom stereocenters. The van der Waals surface area contributed by atoms with Gasteiger partial charge in [-0.05, 0) is 23.1 Å². The van der Waals surface area contributed by atoms with Crippen LogP contribution in [0.15, 0.2) is 24.3 Å². The highest BCUT2D eigenvalue weighted by Crippen LogP contribution is 2.18. The van der Waals surface area contributed by atoms with E-state index in [1.54, 1.807) is 0 Å². The van der Waals surface area contributed by atoms with Gasteiger partial charge >= 0.3 is 0 Å². The number of carbonyl (C=O) groups is 1. The molecule has 1 amide bonds. The molecule has 1 aromatic rings. The van der Waals surface area contributed by atoms with Gasteiger partial charge in [0, 0.05) is 31.7 Å². The third-order valence-electron chi connectivity index (χ3n) is 4.15. The van der Waals surface area contributed by atoms with E-state index in [1.165, 1.54) is 0 Å². The Bertz CT molecular complexity index is 519. The van der Waals surface area contributed by atoms with Crippen molar-refractivity contribution in [1.29, 1.82) is 0 Å². The Hall–Kier alpha value is -1.43. The maximum Gasteiger partial charge on any atom is 0.251 e. The van der Waals surface area contributed by atoms with Crippen molar-refractivity contribution in [2.45, 2.75) is 33.4 Å². The molecule has 23 heavy (non-hydrogen) atoms. The lowest BCUT2D eigenvalue weighted by Crippen LogP contribution is -2.39. The van der Waals surface area contributed by atoms with Gasteiger partial charge in [0.2, 0.25) is 0 Å². The molecule has 0 aliphatic carbocycles. The van der Waals surface area contributed by atoms with Gasteiger partial charge in [-0.15, -0.1) is 0 Å². The smallest absolute Gasteiger partial charge is 0.251 e. The topological polar surface area (TPSA) is 61.8 Å². The van der Waals surface area contributed by atoms with E-state index in [0.717, 1.165) is 38.4 Å². The van der Waals surface area contributed by atoms with Crippen molar-refractivity contribution in [1.82, 2.24) is 10.2 Å². The predicted octanol–water partition coefficient (Wildman–Crippen LogP) is 1.66. The van der Waals surface area contributed by atoms with Crippen LogP contribution < -0.4 is 5.32 Å². The van der Waals surface area contributed by atoms with Crippen LogP contribution in [-0.2, 0) is 11.3 Å². The van der Waals surface area contributed by atoms with Crippen LogP contribution >= 0.6 is 0 Å². The van der Waals surface area contributed by atoms with Crippen LogP contribution in [0.5, 0.6) is 0 Å². The fourth-order valence-corrected chi connectivity index (χ4v) is 2.43. The van der Waals surface area contributed by atoms with Gasteiger partial charge in [-0.3, -0.25) is 9.69 Å². The maximum absolute atomic E-state index is 12.3. The van der Waals surface area contributed by atoms with E-state index in [4.69, 9.17) is 4.74 Å². The Morgan fingerprint density at radius 2 is 2.04 bits per heavy atom. The average molecular weight is 320 g/mol. The van der Waals surface area contributed by atoms with Crippen molar-refractivity contribution in [3.63, 3.8) is 0 Å². The van der Waals surface area contributed by atoms with Crippen LogP contribution in [-0.4, -0.2) is 54.9 Å². The second kappa shape index (κ2) is 7.90. The molecule has 2 rings (SSSR count). The lowest BCUT2D eigenvalue weighted by molar-refractivity contribution is 0.0341. The fourth-order valence-electron chi connectivity index (χ4n) is 2.43. The third-order valence-corrected chi connectivity index (χ3v) is 4.15. The summed E-state index contributed by atoms with van der Waals surface area (Å²) in [5.41, 5.74) is 1.51. The average Bonchev–Trinajstić information content (AvgIpc) is 2.52. The summed E-state index contributed by atoms with van der Waals surface area (Å²) in [5.74, 6) is -0.142. The van der Waals surface area contributed by atoms with Crippen LogP contribution in [0.2, 0.25) is 0 Å². The van der Waals surface area contributed by atoms with Crippen molar-refractivity contribution < 1.29 is 14.6 Å². The zero-order chi connectivity index (χ0) is 16.9. The number of benzene rings is 1. The summed E-state index contributed by atoms with van der Waals surface area (Å²) in [7, 11) is 0. The molecule has 1 aromatic carbocycles. The number of aliphatic hydroxyl groups excluding tert-OH is 1. The molecule has 1 heterocycles. The standard InChI is InChI=1S/C18H28N2O3/c1-18(2,3)16(21)12-19-17(22)15-6-4-5-14(11-15)13-20-7-9-23-10-8-20/h4-6,11,16,21H,7-10,12-13H2,1-3H3,(H,19,22). The molecular weight excluding hydrogens is 292 g/mol. The summed E-state index contributed by atoms with van der Waals surface area (Å²) in [6.07, 6.45) is -0.567. The minimum absolute atomic E-state index is 0.142. The van der Waals surface area contributed by atoms with Crippen molar-refractivity contribution in [3.8, 4) is 0 Å². The van der Waals surface area contributed by atoms with E-state index in [1.807, 2.05) is 45.0 Å². The van der Waals surface area contributed by atoms with Gasteiger partial charge in [-0.25, -0.2) is 0 Å². The number of carbonyl (C=O) groups excluding carboxylic acids is 1. The Labute approximate surface area is 138 Å². The second-order valence-corrected chi connectivity index (χ2v) is 7.18. The first kappa shape index (κ1) is 17.9. The van der Waals surface area contributed by atoms with E-state index >= 15 is 0 Å². The minimum Gasteiger partial charge on any atom is -0.391 e. The highest BCUT2D eigenvalue weighted by molar-refractivity contribution is 5.94. The molecule has 0 saturated carbocycles. The first-order chi connectivity index (χ1) is 10.9. The molecule has 0 bridgehead atoms. The van der Waals surface area contributed by atoms with E-state index in [9.17, 15) is 9.90 Å². The summed E-state index contributed by atoms with van der Waals surface area (Å²) in [4.78, 5) is 14.6. The highest BCUT2D eigenvalue weighted by atomic mass is 16.5. The molecule has 5 nitrogen and oxygen atoms in total. The Morgan fingerprint density at radius 3 is 2.70 bits per heavy atom. The molecule has 1 aliphatic rings. The zero-order valence-electron chi connectivity index (χ0n) is 14.3. The van der Waals surface area contributed by atoms with Crippen molar-refractivity contribution in [3.05, 3.63) is 35.4 Å². The summed E-state index contributed by atoms with van der Waals surface area (Å²) in [6.45, 7) is 10.3. The number of aliphatic hydroxyl groups is 1. The first-order valence-electron chi connectivity index (χ1n) is 8.21. The van der Waals surface area contributed by atoms with E-state index in [2.05, 4.69) is 10.2 Å². The van der Waals surface area contributed by atoms with Gasteiger partial charge in [-0.1, -0.05) is 32.9 Å². The number of morpholine rings is 1. The van der Waals surface area contributed by atoms with E-state index in [0.29, 0.717) is 5.56 Å². The number of amides is 1. The zero-order valence-corrected chi connectivity index (χ0v) is 14.3. The lowest BCUT2D eigenvalue weighted by atomic mass is 9.89. The maximum atomic E-state index is 12.3. The Kier molecular flexibility index (Phi) is 6.16. The molecule has 1 unspecified atom stereocenters. The van der Waals surface area contributed by atoms with Gasteiger partial charge in [0.15, 0.2) is 0 Å². The summed E-state index contributed by atoms with van der Waals surface area (Å²) in [6, 6.07) is 7.68. The molecule has 0 radical (unpaired) electrons. The van der Waals surface area contributed by atoms with Crippen LogP contribution in [0.3, 0.4) is 0 Å². The Morgan fingerprint density at radius 1 is 1.35 bits per heavy atom. The predicted molar refractivity (Wildman–Crippen MR) is 90.3 cm³/mol. The third kappa shape index (κ3) is 5.61. The molecule has 5 heteroatoms. The van der Waals surface area contributed by atoms with Gasteiger partial charge in [0.05, 0.1) is 19.3 Å². The molecule has 0 spiro atoms. The fraction of sp³-hybridized carbons (Fsp3) is 0.611. The van der Waals surface area contributed by atoms with Crippen LogP contribution in [0.25, 0.3) is 0 Å². The highest BCUT2D eigenvalue weighted by Gasteiger charge is 2.22. The van der Waals surface area contributed by atoms with Crippen molar-refractivity contribution in [2.75, 3.05) is 32.8 Å². The normalized spacial score (nSPS) is 17.7. The lowest BCUT2D eigenvalue weighted by Gasteiger charge is -2.27. The summed E-state index contributed by atoms with van der Waals surface area (Å²) >= 11 is 0. The van der Waals surface area contributed by atoms with Gasteiger partial charge in [-0.2, -0.15) is 0 Å². The number of nitrogens with one attached hydrogen (secondary N) is 1. The van der Waals surface area contributed by atoms with Crippen LogP contribution in [0, 0.1) is 5.41 Å². The number of hydrogen-bond acceptors (Lipinski definition) is 4. The van der Waals surface area contributed by atoms with Crippen molar-refractivity contribution in [2.24, 2.45) is 5.41 Å². The SMILES string of the molecule is CC(C)(C)C(O)CNC(=O)c1cccc(CN2CCOCC2)c1. The monoisotopic (exact) mass is 320 g/mol. The van der Waals surface area contributed by atoms with Crippen LogP contribution in [0.1, 0.15) is 36.7 Å². The van der Waals surface area contributed by atoms with Crippen LogP contribution in [0.4, 0.5) is 0 Å². The quantitative estimate of drug-likeness (QED) is 0.866. The molecule has 2 N–H and O–H groups in total. The second-order valence-electron chi connectivity index (χ2n) is 7.18. The number of ether oxygens (including phenoxy) is 1. The molecule has 1 saturated heterocycles. The minimum atomic E-state index is -0.567. The molecule has 0 aromatic heterocycles. The summed E-state index contributed by atoms with van der Waals surface area (Å²) in [5, 5.41) is 12.8. The number of hydrogen-bond donors (Lipinski definition) is 2. The number of rotatable bonds is 5. The van der Waals surface area contributed by atoms with E-state index < -0.39 is 6.10 Å².